The summed E-state index contributed by atoms with van der Waals surface area (Å²) in [7, 11) is 0. The fourth-order valence-corrected chi connectivity index (χ4v) is 2.65. The van der Waals surface area contributed by atoms with E-state index in [9.17, 15) is 4.55 Å². The van der Waals surface area contributed by atoms with Gasteiger partial charge in [-0.15, -0.1) is 11.3 Å². The smallest absolute Gasteiger partial charge is 0.153 e. The largest absolute Gasteiger partial charge is 0.612 e. The number of thiophene rings is 1. The molecule has 1 aromatic carbocycles. The van der Waals surface area contributed by atoms with E-state index in [1.54, 1.807) is 17.6 Å². The maximum Gasteiger partial charge on any atom is 0.153 e. The maximum absolute atomic E-state index is 11.2. The van der Waals surface area contributed by atoms with Gasteiger partial charge in [0.15, 0.2) is 4.90 Å². The zero-order chi connectivity index (χ0) is 9.42. The summed E-state index contributed by atoms with van der Waals surface area (Å²) in [5.41, 5.74) is 0. The molecule has 0 saturated heterocycles. The van der Waals surface area contributed by atoms with Gasteiger partial charge in [-0.2, -0.15) is 0 Å². The predicted molar refractivity (Wildman–Crippen MR) is 58.6 cm³/mol. The molecule has 0 aliphatic carbocycles. The van der Waals surface area contributed by atoms with Crippen molar-refractivity contribution in [3.63, 3.8) is 0 Å². The molecule has 0 aliphatic rings. The molecule has 0 aliphatic heterocycles. The highest BCUT2D eigenvalue weighted by atomic mass is 32.2. The fraction of sp³-hybridized carbons (Fsp3) is 0.100. The van der Waals surface area contributed by atoms with Crippen molar-refractivity contribution in [3.8, 4) is 0 Å². The zero-order valence-electron chi connectivity index (χ0n) is 7.24. The van der Waals surface area contributed by atoms with E-state index in [-0.39, 0.29) is 0 Å². The van der Waals surface area contributed by atoms with E-state index in [1.165, 1.54) is 4.70 Å². The van der Waals surface area contributed by atoms with E-state index in [4.69, 9.17) is 0 Å². The third-order valence-corrected chi connectivity index (χ3v) is 3.76. The lowest BCUT2D eigenvalue weighted by molar-refractivity contribution is 0.601. The Kier molecular flexibility index (Phi) is 2.32. The summed E-state index contributed by atoms with van der Waals surface area (Å²) in [5.74, 6) is 0. The lowest BCUT2D eigenvalue weighted by Gasteiger charge is -2.02. The molecule has 2 aromatic rings. The summed E-state index contributed by atoms with van der Waals surface area (Å²) in [6.45, 7) is 3.87. The molecule has 0 N–H and O–H groups in total. The first-order valence-corrected chi connectivity index (χ1v) is 6.23. The van der Waals surface area contributed by atoms with Crippen LogP contribution in [0.2, 0.25) is 0 Å². The van der Waals surface area contributed by atoms with E-state index >= 15 is 0 Å². The van der Waals surface area contributed by atoms with Crippen molar-refractivity contribution in [1.82, 2.24) is 0 Å². The summed E-state index contributed by atoms with van der Waals surface area (Å²) in [6, 6.07) is 7.91. The van der Waals surface area contributed by atoms with Gasteiger partial charge < -0.3 is 4.55 Å². The Morgan fingerprint density at radius 1 is 1.38 bits per heavy atom. The van der Waals surface area contributed by atoms with Gasteiger partial charge in [0.2, 0.25) is 0 Å². The lowest BCUT2D eigenvalue weighted by Crippen LogP contribution is -1.95. The first kappa shape index (κ1) is 9.06. The van der Waals surface area contributed by atoms with Crippen molar-refractivity contribution < 1.29 is 4.55 Å². The van der Waals surface area contributed by atoms with Crippen LogP contribution in [0, 0.1) is 6.92 Å². The summed E-state index contributed by atoms with van der Waals surface area (Å²) < 4.78 is 12.4. The third kappa shape index (κ3) is 1.73. The van der Waals surface area contributed by atoms with Crippen LogP contribution in [0.3, 0.4) is 0 Å². The summed E-state index contributed by atoms with van der Waals surface area (Å²) in [5, 5.41) is 1.14. The number of hydrogen-bond donors (Lipinski definition) is 0. The molecule has 3 heteroatoms. The Morgan fingerprint density at radius 2 is 2.15 bits per heavy atom. The highest BCUT2D eigenvalue weighted by Crippen LogP contribution is 2.27. The van der Waals surface area contributed by atoms with Crippen LogP contribution < -0.4 is 0 Å². The first-order chi connectivity index (χ1) is 6.16. The fourth-order valence-electron chi connectivity index (χ4n) is 1.26. The van der Waals surface area contributed by atoms with Crippen LogP contribution in [-0.2, 0) is 11.2 Å². The van der Waals surface area contributed by atoms with Gasteiger partial charge in [0.05, 0.1) is 0 Å². The van der Waals surface area contributed by atoms with Crippen LogP contribution in [-0.4, -0.2) is 10.8 Å². The average molecular weight is 209 g/mol. The second-order valence-corrected chi connectivity index (χ2v) is 5.41. The van der Waals surface area contributed by atoms with Gasteiger partial charge in [0.1, 0.15) is 6.26 Å². The molecule has 2 rings (SSSR count). The molecule has 0 amide bonds. The molecule has 13 heavy (non-hydrogen) atoms. The minimum atomic E-state index is -0.891. The molecule has 0 saturated carbocycles. The number of benzene rings is 1. The van der Waals surface area contributed by atoms with Crippen LogP contribution in [0.1, 0.15) is 4.88 Å². The van der Waals surface area contributed by atoms with Gasteiger partial charge >= 0.3 is 0 Å². The Morgan fingerprint density at radius 3 is 2.85 bits per heavy atom. The van der Waals surface area contributed by atoms with Crippen molar-refractivity contribution in [2.45, 2.75) is 4.90 Å². The van der Waals surface area contributed by atoms with E-state index in [1.807, 2.05) is 24.3 Å². The van der Waals surface area contributed by atoms with E-state index in [0.717, 1.165) is 15.2 Å². The van der Waals surface area contributed by atoms with Gasteiger partial charge in [-0.25, -0.2) is 0 Å². The minimum Gasteiger partial charge on any atom is -0.612 e. The van der Waals surface area contributed by atoms with Crippen molar-refractivity contribution >= 4 is 32.6 Å². The molecule has 1 aromatic heterocycles. The Balaban J connectivity index is 2.61. The summed E-state index contributed by atoms with van der Waals surface area (Å²) in [6.07, 6.45) is 1.69. The Labute approximate surface area is 84.6 Å². The Hall–Kier alpha value is -0.510. The third-order valence-electron chi connectivity index (χ3n) is 1.87. The highest BCUT2D eigenvalue weighted by Gasteiger charge is 2.06. The topological polar surface area (TPSA) is 23.1 Å². The zero-order valence-corrected chi connectivity index (χ0v) is 8.87. The molecule has 1 heterocycles. The van der Waals surface area contributed by atoms with Crippen molar-refractivity contribution in [2.24, 2.45) is 0 Å². The van der Waals surface area contributed by atoms with E-state index < -0.39 is 11.2 Å². The molecule has 0 fully saturated rings. The molecule has 1 radical (unpaired) electrons. The standard InChI is InChI=1S/C10H9OS2/c1-7-5-8-6-9(13(2)11)3-4-10(8)12-7/h3-6H,1H2,2H3. The lowest BCUT2D eigenvalue weighted by atomic mass is 10.2. The molecular weight excluding hydrogens is 200 g/mol. The summed E-state index contributed by atoms with van der Waals surface area (Å²) >= 11 is 0.771. The van der Waals surface area contributed by atoms with Gasteiger partial charge in [-0.1, -0.05) is 0 Å². The van der Waals surface area contributed by atoms with Crippen molar-refractivity contribution in [3.05, 3.63) is 36.1 Å². The van der Waals surface area contributed by atoms with Crippen molar-refractivity contribution in [1.29, 1.82) is 0 Å². The summed E-state index contributed by atoms with van der Waals surface area (Å²) in [4.78, 5) is 1.93. The number of rotatable bonds is 1. The Bertz CT molecular complexity index is 431. The van der Waals surface area contributed by atoms with E-state index in [0.29, 0.717) is 0 Å². The highest BCUT2D eigenvalue weighted by molar-refractivity contribution is 7.90. The molecule has 0 spiro atoms. The van der Waals surface area contributed by atoms with Crippen LogP contribution in [0.5, 0.6) is 0 Å². The molecule has 67 valence electrons. The molecule has 1 atom stereocenters. The van der Waals surface area contributed by atoms with Gasteiger partial charge in [0.25, 0.3) is 0 Å². The van der Waals surface area contributed by atoms with Crippen LogP contribution >= 0.6 is 11.3 Å². The molecular formula is C10H9OS2. The SMILES string of the molecule is [CH2]c1cc2cc([S+](C)[O-])ccc2s1. The van der Waals surface area contributed by atoms with Gasteiger partial charge in [-0.3, -0.25) is 0 Å². The van der Waals surface area contributed by atoms with Crippen LogP contribution in [0.15, 0.2) is 29.2 Å². The first-order valence-electron chi connectivity index (χ1n) is 3.86. The number of hydrogen-bond acceptors (Lipinski definition) is 2. The molecule has 0 bridgehead atoms. The van der Waals surface area contributed by atoms with Crippen molar-refractivity contribution in [2.75, 3.05) is 6.26 Å². The second-order valence-electron chi connectivity index (χ2n) is 2.87. The van der Waals surface area contributed by atoms with E-state index in [2.05, 4.69) is 6.92 Å². The van der Waals surface area contributed by atoms with Gasteiger partial charge in [0, 0.05) is 15.6 Å². The monoisotopic (exact) mass is 209 g/mol. The normalized spacial score (nSPS) is 13.5. The molecule has 1 unspecified atom stereocenters. The minimum absolute atomic E-state index is 0.880. The maximum atomic E-state index is 11.2. The number of fused-ring (bicyclic) bond motifs is 1. The average Bonchev–Trinajstić information content (AvgIpc) is 2.42. The van der Waals surface area contributed by atoms with Crippen LogP contribution in [0.4, 0.5) is 0 Å². The van der Waals surface area contributed by atoms with Gasteiger partial charge in [-0.05, 0) is 41.7 Å². The second kappa shape index (κ2) is 3.33. The van der Waals surface area contributed by atoms with Crippen LogP contribution in [0.25, 0.3) is 10.1 Å². The molecule has 1 nitrogen and oxygen atoms in total. The predicted octanol–water partition coefficient (Wildman–Crippen LogP) is 2.82. The quantitative estimate of drug-likeness (QED) is 0.662.